The van der Waals surface area contributed by atoms with Crippen molar-refractivity contribution in [1.29, 1.82) is 0 Å². The van der Waals surface area contributed by atoms with E-state index in [-0.39, 0.29) is 6.61 Å². The predicted molar refractivity (Wildman–Crippen MR) is 83.0 cm³/mol. The zero-order valence-electron chi connectivity index (χ0n) is 12.0. The summed E-state index contributed by atoms with van der Waals surface area (Å²) in [4.78, 5) is 0.692. The molecule has 0 unspecified atom stereocenters. The van der Waals surface area contributed by atoms with Crippen molar-refractivity contribution in [2.24, 2.45) is 0 Å². The maximum Gasteiger partial charge on any atom is 0.206 e. The van der Waals surface area contributed by atoms with E-state index in [1.165, 1.54) is 0 Å². The molecule has 3 nitrogen and oxygen atoms in total. The van der Waals surface area contributed by atoms with Crippen LogP contribution in [0.4, 0.5) is 0 Å². The highest BCUT2D eigenvalue weighted by molar-refractivity contribution is 7.95. The molecule has 3 rings (SSSR count). The van der Waals surface area contributed by atoms with Crippen LogP contribution >= 0.6 is 0 Å². The Morgan fingerprint density at radius 2 is 1.71 bits per heavy atom. The Bertz CT molecular complexity index is 816. The summed E-state index contributed by atoms with van der Waals surface area (Å²) in [6.07, 6.45) is 1.72. The van der Waals surface area contributed by atoms with Gasteiger partial charge >= 0.3 is 0 Å². The highest BCUT2D eigenvalue weighted by atomic mass is 32.2. The Morgan fingerprint density at radius 1 is 1.00 bits per heavy atom. The van der Waals surface area contributed by atoms with Gasteiger partial charge < -0.3 is 4.74 Å². The average Bonchev–Trinajstić information content (AvgIpc) is 2.71. The van der Waals surface area contributed by atoms with E-state index in [0.29, 0.717) is 15.6 Å². The van der Waals surface area contributed by atoms with Crippen molar-refractivity contribution in [3.63, 3.8) is 0 Å². The van der Waals surface area contributed by atoms with E-state index in [1.54, 1.807) is 18.2 Å². The molecule has 0 atom stereocenters. The molecule has 108 valence electrons. The normalized spacial score (nSPS) is 15.4. The first kappa shape index (κ1) is 13.9. The third kappa shape index (κ3) is 2.47. The molecule has 1 aliphatic rings. The van der Waals surface area contributed by atoms with Crippen molar-refractivity contribution in [1.82, 2.24) is 0 Å². The van der Waals surface area contributed by atoms with Crippen LogP contribution in [0.15, 0.2) is 52.3 Å². The lowest BCUT2D eigenvalue weighted by atomic mass is 10.1. The molecule has 0 amide bonds. The SMILES string of the molecule is Cc1ccc(OCC2=Cc3c(C)cccc3S2(=O)=O)cc1. The zero-order valence-corrected chi connectivity index (χ0v) is 12.8. The van der Waals surface area contributed by atoms with Crippen LogP contribution in [-0.4, -0.2) is 15.0 Å². The molecule has 0 saturated heterocycles. The Morgan fingerprint density at radius 3 is 2.38 bits per heavy atom. The van der Waals surface area contributed by atoms with Gasteiger partial charge in [-0.15, -0.1) is 0 Å². The minimum absolute atomic E-state index is 0.0551. The molecule has 0 aliphatic carbocycles. The summed E-state index contributed by atoms with van der Waals surface area (Å²) >= 11 is 0. The van der Waals surface area contributed by atoms with Gasteiger partial charge in [0, 0.05) is 0 Å². The third-order valence-corrected chi connectivity index (χ3v) is 5.49. The van der Waals surface area contributed by atoms with Crippen molar-refractivity contribution in [3.05, 3.63) is 64.1 Å². The molecule has 4 heteroatoms. The lowest BCUT2D eigenvalue weighted by molar-refractivity contribution is 0.359. The molecular formula is C17H16O3S. The Balaban J connectivity index is 1.86. The monoisotopic (exact) mass is 300 g/mol. The maximum absolute atomic E-state index is 12.5. The van der Waals surface area contributed by atoms with E-state index in [9.17, 15) is 8.42 Å². The highest BCUT2D eigenvalue weighted by Gasteiger charge is 2.30. The first-order chi connectivity index (χ1) is 9.98. The fraction of sp³-hybridized carbons (Fsp3) is 0.176. The fourth-order valence-electron chi connectivity index (χ4n) is 2.36. The summed E-state index contributed by atoms with van der Waals surface area (Å²) in [5.74, 6) is 0.671. The van der Waals surface area contributed by atoms with Gasteiger partial charge in [-0.2, -0.15) is 0 Å². The zero-order chi connectivity index (χ0) is 15.0. The van der Waals surface area contributed by atoms with Gasteiger partial charge in [-0.05, 0) is 49.2 Å². The van der Waals surface area contributed by atoms with E-state index in [2.05, 4.69) is 0 Å². The molecule has 0 fully saturated rings. The molecule has 0 saturated carbocycles. The number of ether oxygens (including phenoxy) is 1. The highest BCUT2D eigenvalue weighted by Crippen LogP contribution is 2.34. The molecule has 0 aromatic heterocycles. The smallest absolute Gasteiger partial charge is 0.206 e. The number of sulfone groups is 1. The van der Waals surface area contributed by atoms with Crippen LogP contribution in [0.3, 0.4) is 0 Å². The number of fused-ring (bicyclic) bond motifs is 1. The van der Waals surface area contributed by atoms with Gasteiger partial charge in [0.1, 0.15) is 12.4 Å². The van der Waals surface area contributed by atoms with E-state index < -0.39 is 9.84 Å². The van der Waals surface area contributed by atoms with Gasteiger partial charge in [0.25, 0.3) is 0 Å². The van der Waals surface area contributed by atoms with Gasteiger partial charge in [0.05, 0.1) is 9.80 Å². The molecule has 2 aromatic rings. The Hall–Kier alpha value is -2.07. The van der Waals surface area contributed by atoms with Crippen molar-refractivity contribution < 1.29 is 13.2 Å². The molecule has 0 radical (unpaired) electrons. The predicted octanol–water partition coefficient (Wildman–Crippen LogP) is 3.51. The van der Waals surface area contributed by atoms with Gasteiger partial charge in [0.2, 0.25) is 9.84 Å². The Kier molecular flexibility index (Phi) is 3.33. The standard InChI is InChI=1S/C17H16O3S/c1-12-6-8-14(9-7-12)20-11-15-10-16-13(2)4-3-5-17(16)21(15,18)19/h3-10H,11H2,1-2H3. The van der Waals surface area contributed by atoms with E-state index in [4.69, 9.17) is 4.74 Å². The molecule has 0 spiro atoms. The second-order valence-corrected chi connectivity index (χ2v) is 7.17. The number of hydrogen-bond donors (Lipinski definition) is 0. The first-order valence-electron chi connectivity index (χ1n) is 6.73. The van der Waals surface area contributed by atoms with Crippen LogP contribution in [0.2, 0.25) is 0 Å². The van der Waals surface area contributed by atoms with E-state index in [0.717, 1.165) is 16.7 Å². The summed E-state index contributed by atoms with van der Waals surface area (Å²) in [6.45, 7) is 3.96. The molecule has 0 bridgehead atoms. The summed E-state index contributed by atoms with van der Waals surface area (Å²) in [6, 6.07) is 12.9. The largest absolute Gasteiger partial charge is 0.488 e. The molecule has 21 heavy (non-hydrogen) atoms. The van der Waals surface area contributed by atoms with Crippen LogP contribution in [0.1, 0.15) is 16.7 Å². The van der Waals surface area contributed by atoms with Crippen molar-refractivity contribution in [2.45, 2.75) is 18.7 Å². The lowest BCUT2D eigenvalue weighted by Gasteiger charge is -2.07. The number of hydrogen-bond acceptors (Lipinski definition) is 3. The van der Waals surface area contributed by atoms with Crippen LogP contribution in [-0.2, 0) is 9.84 Å². The first-order valence-corrected chi connectivity index (χ1v) is 8.21. The van der Waals surface area contributed by atoms with Crippen LogP contribution in [0.5, 0.6) is 5.75 Å². The van der Waals surface area contributed by atoms with Crippen molar-refractivity contribution >= 4 is 15.9 Å². The van der Waals surface area contributed by atoms with Gasteiger partial charge in [-0.25, -0.2) is 8.42 Å². The lowest BCUT2D eigenvalue weighted by Crippen LogP contribution is -2.09. The average molecular weight is 300 g/mol. The van der Waals surface area contributed by atoms with Gasteiger partial charge in [-0.1, -0.05) is 29.8 Å². The van der Waals surface area contributed by atoms with Crippen molar-refractivity contribution in [3.8, 4) is 5.75 Å². The minimum atomic E-state index is -3.41. The number of aryl methyl sites for hydroxylation is 2. The maximum atomic E-state index is 12.5. The number of rotatable bonds is 3. The van der Waals surface area contributed by atoms with Gasteiger partial charge in [0.15, 0.2) is 0 Å². The summed E-state index contributed by atoms with van der Waals surface area (Å²) in [7, 11) is -3.41. The van der Waals surface area contributed by atoms with Crippen LogP contribution in [0, 0.1) is 13.8 Å². The van der Waals surface area contributed by atoms with Crippen LogP contribution in [0.25, 0.3) is 6.08 Å². The Labute approximate surface area is 124 Å². The molecular weight excluding hydrogens is 284 g/mol. The quantitative estimate of drug-likeness (QED) is 0.871. The van der Waals surface area contributed by atoms with E-state index in [1.807, 2.05) is 44.2 Å². The minimum Gasteiger partial charge on any atom is -0.488 e. The van der Waals surface area contributed by atoms with Crippen LogP contribution < -0.4 is 4.74 Å². The number of benzene rings is 2. The molecule has 0 N–H and O–H groups in total. The van der Waals surface area contributed by atoms with E-state index >= 15 is 0 Å². The summed E-state index contributed by atoms with van der Waals surface area (Å²) in [5.41, 5.74) is 2.87. The fourth-order valence-corrected chi connectivity index (χ4v) is 3.90. The second-order valence-electron chi connectivity index (χ2n) is 5.20. The summed E-state index contributed by atoms with van der Waals surface area (Å²) < 4.78 is 30.5. The molecule has 2 aromatic carbocycles. The third-order valence-electron chi connectivity index (χ3n) is 3.63. The summed E-state index contributed by atoms with van der Waals surface area (Å²) in [5, 5.41) is 0. The topological polar surface area (TPSA) is 43.4 Å². The van der Waals surface area contributed by atoms with Crippen molar-refractivity contribution in [2.75, 3.05) is 6.61 Å². The molecule has 1 heterocycles. The second kappa shape index (κ2) is 5.04. The molecule has 1 aliphatic heterocycles. The van der Waals surface area contributed by atoms with Gasteiger partial charge in [-0.3, -0.25) is 0 Å².